The quantitative estimate of drug-likeness (QED) is 0.731. The predicted molar refractivity (Wildman–Crippen MR) is 78.2 cm³/mol. The molecule has 1 saturated carbocycles. The molecule has 0 saturated heterocycles. The van der Waals surface area contributed by atoms with Crippen LogP contribution in [0.15, 0.2) is 0 Å². The van der Waals surface area contributed by atoms with E-state index < -0.39 is 0 Å². The first kappa shape index (κ1) is 16.3. The maximum absolute atomic E-state index is 11.8. The van der Waals surface area contributed by atoms with Crippen LogP contribution >= 0.6 is 11.8 Å². The first-order valence-electron chi connectivity index (χ1n) is 7.09. The molecule has 1 unspecified atom stereocenters. The lowest BCUT2D eigenvalue weighted by Gasteiger charge is -2.22. The summed E-state index contributed by atoms with van der Waals surface area (Å²) < 4.78 is 4.62. The fraction of sp³-hybridized carbons (Fsp3) is 0.857. The van der Waals surface area contributed by atoms with E-state index >= 15 is 0 Å². The molecule has 0 aromatic rings. The number of carbonyl (C=O) groups excluding carboxylic acids is 2. The van der Waals surface area contributed by atoms with Gasteiger partial charge in [0.15, 0.2) is 0 Å². The maximum Gasteiger partial charge on any atom is 0.306 e. The Balaban J connectivity index is 2.07. The molecule has 0 radical (unpaired) electrons. The average molecular weight is 287 g/mol. The van der Waals surface area contributed by atoms with E-state index in [9.17, 15) is 9.59 Å². The van der Waals surface area contributed by atoms with Crippen LogP contribution in [-0.4, -0.2) is 36.0 Å². The van der Waals surface area contributed by atoms with E-state index in [0.29, 0.717) is 18.9 Å². The van der Waals surface area contributed by atoms with Gasteiger partial charge in [-0.1, -0.05) is 26.2 Å². The molecule has 1 fully saturated rings. The third-order valence-corrected chi connectivity index (χ3v) is 4.56. The number of hydrogen-bond donors (Lipinski definition) is 1. The summed E-state index contributed by atoms with van der Waals surface area (Å²) in [7, 11) is 1.40. The van der Waals surface area contributed by atoms with Crippen molar-refractivity contribution >= 4 is 23.6 Å². The van der Waals surface area contributed by atoms with Crippen molar-refractivity contribution in [3.63, 3.8) is 0 Å². The Morgan fingerprint density at radius 2 is 2.00 bits per heavy atom. The molecule has 1 atom stereocenters. The number of nitrogens with one attached hydrogen (secondary N) is 1. The lowest BCUT2D eigenvalue weighted by Crippen LogP contribution is -2.36. The van der Waals surface area contributed by atoms with Crippen LogP contribution in [0, 0.1) is 0 Å². The zero-order chi connectivity index (χ0) is 14.1. The van der Waals surface area contributed by atoms with E-state index in [0.717, 1.165) is 18.6 Å². The van der Waals surface area contributed by atoms with Crippen LogP contribution in [0.25, 0.3) is 0 Å². The Bertz CT molecular complexity index is 290. The first-order chi connectivity index (χ1) is 9.11. The fourth-order valence-electron chi connectivity index (χ4n) is 2.28. The molecule has 19 heavy (non-hydrogen) atoms. The van der Waals surface area contributed by atoms with Crippen LogP contribution in [-0.2, 0) is 14.3 Å². The van der Waals surface area contributed by atoms with Crippen LogP contribution in [0.4, 0.5) is 0 Å². The van der Waals surface area contributed by atoms with Gasteiger partial charge in [0.1, 0.15) is 0 Å². The number of thioether (sulfide) groups is 1. The lowest BCUT2D eigenvalue weighted by molar-refractivity contribution is -0.140. The second-order valence-electron chi connectivity index (χ2n) is 5.11. The Morgan fingerprint density at radius 1 is 1.32 bits per heavy atom. The summed E-state index contributed by atoms with van der Waals surface area (Å²) in [5.41, 5.74) is 0. The van der Waals surface area contributed by atoms with E-state index in [2.05, 4.69) is 10.1 Å². The molecule has 0 aliphatic heterocycles. The SMILES string of the molecule is COC(=O)CC(C)SCCC(=O)NC1CCCCC1. The molecule has 1 aliphatic rings. The monoisotopic (exact) mass is 287 g/mol. The Hall–Kier alpha value is -0.710. The third kappa shape index (κ3) is 7.45. The summed E-state index contributed by atoms with van der Waals surface area (Å²) in [5, 5.41) is 3.30. The van der Waals surface area contributed by atoms with Gasteiger partial charge in [0, 0.05) is 23.5 Å². The lowest BCUT2D eigenvalue weighted by atomic mass is 9.95. The minimum absolute atomic E-state index is 0.143. The number of ether oxygens (including phenoxy) is 1. The van der Waals surface area contributed by atoms with Gasteiger partial charge in [-0.25, -0.2) is 0 Å². The molecule has 5 heteroatoms. The molecule has 0 bridgehead atoms. The highest BCUT2D eigenvalue weighted by Crippen LogP contribution is 2.18. The zero-order valence-electron chi connectivity index (χ0n) is 11.9. The van der Waals surface area contributed by atoms with E-state index in [1.807, 2.05) is 6.92 Å². The van der Waals surface area contributed by atoms with E-state index in [1.54, 1.807) is 11.8 Å². The van der Waals surface area contributed by atoms with Gasteiger partial charge < -0.3 is 10.1 Å². The fourth-order valence-corrected chi connectivity index (χ4v) is 3.24. The van der Waals surface area contributed by atoms with Crippen LogP contribution in [0.1, 0.15) is 51.9 Å². The topological polar surface area (TPSA) is 55.4 Å². The molecular weight excluding hydrogens is 262 g/mol. The van der Waals surface area contributed by atoms with Crippen molar-refractivity contribution in [2.24, 2.45) is 0 Å². The molecule has 0 spiro atoms. The Labute approximate surface area is 120 Å². The minimum Gasteiger partial charge on any atom is -0.469 e. The largest absolute Gasteiger partial charge is 0.469 e. The maximum atomic E-state index is 11.8. The normalized spacial score (nSPS) is 17.8. The van der Waals surface area contributed by atoms with Gasteiger partial charge in [0.2, 0.25) is 5.91 Å². The molecule has 1 rings (SSSR count). The second kappa shape index (κ2) is 9.23. The van der Waals surface area contributed by atoms with E-state index in [-0.39, 0.29) is 17.1 Å². The Morgan fingerprint density at radius 3 is 2.63 bits per heavy atom. The summed E-state index contributed by atoms with van der Waals surface area (Å²) in [6.07, 6.45) is 6.95. The summed E-state index contributed by atoms with van der Waals surface area (Å²) >= 11 is 1.65. The van der Waals surface area contributed by atoms with Crippen molar-refractivity contribution in [3.8, 4) is 0 Å². The number of rotatable bonds is 7. The molecular formula is C14H25NO3S. The van der Waals surface area contributed by atoms with Crippen LogP contribution in [0.5, 0.6) is 0 Å². The molecule has 1 N–H and O–H groups in total. The van der Waals surface area contributed by atoms with Gasteiger partial charge in [0.05, 0.1) is 13.5 Å². The van der Waals surface area contributed by atoms with Gasteiger partial charge in [-0.2, -0.15) is 11.8 Å². The first-order valence-corrected chi connectivity index (χ1v) is 8.14. The van der Waals surface area contributed by atoms with Crippen LogP contribution in [0.3, 0.4) is 0 Å². The highest BCUT2D eigenvalue weighted by atomic mass is 32.2. The number of carbonyl (C=O) groups is 2. The molecule has 0 aromatic heterocycles. The van der Waals surface area contributed by atoms with Crippen LogP contribution < -0.4 is 5.32 Å². The highest BCUT2D eigenvalue weighted by Gasteiger charge is 2.16. The highest BCUT2D eigenvalue weighted by molar-refractivity contribution is 7.99. The standard InChI is InChI=1S/C14H25NO3S/c1-11(10-14(17)18-2)19-9-8-13(16)15-12-6-4-3-5-7-12/h11-12H,3-10H2,1-2H3,(H,15,16). The average Bonchev–Trinajstić information content (AvgIpc) is 2.39. The smallest absolute Gasteiger partial charge is 0.306 e. The van der Waals surface area contributed by atoms with Gasteiger partial charge in [-0.05, 0) is 12.8 Å². The van der Waals surface area contributed by atoms with Gasteiger partial charge in [-0.3, -0.25) is 9.59 Å². The Kier molecular flexibility index (Phi) is 7.94. The van der Waals surface area contributed by atoms with Crippen molar-refractivity contribution in [1.29, 1.82) is 0 Å². The number of methoxy groups -OCH3 is 1. The molecule has 1 amide bonds. The molecule has 110 valence electrons. The second-order valence-corrected chi connectivity index (χ2v) is 6.66. The minimum atomic E-state index is -0.188. The predicted octanol–water partition coefficient (Wildman–Crippen LogP) is 2.51. The van der Waals surface area contributed by atoms with Crippen LogP contribution in [0.2, 0.25) is 0 Å². The number of esters is 1. The summed E-state index contributed by atoms with van der Waals surface area (Å²) in [6.45, 7) is 1.99. The zero-order valence-corrected chi connectivity index (χ0v) is 12.8. The molecule has 0 heterocycles. The van der Waals surface area contributed by atoms with E-state index in [1.165, 1.54) is 26.4 Å². The van der Waals surface area contributed by atoms with E-state index in [4.69, 9.17) is 0 Å². The van der Waals surface area contributed by atoms with Crippen molar-refractivity contribution in [2.75, 3.05) is 12.9 Å². The molecule has 0 aromatic carbocycles. The molecule has 1 aliphatic carbocycles. The third-order valence-electron chi connectivity index (χ3n) is 3.38. The molecule has 4 nitrogen and oxygen atoms in total. The van der Waals surface area contributed by atoms with Gasteiger partial charge >= 0.3 is 5.97 Å². The summed E-state index contributed by atoms with van der Waals surface area (Å²) in [4.78, 5) is 22.8. The summed E-state index contributed by atoms with van der Waals surface area (Å²) in [5.74, 6) is 0.716. The number of hydrogen-bond acceptors (Lipinski definition) is 4. The van der Waals surface area contributed by atoms with Crippen molar-refractivity contribution in [3.05, 3.63) is 0 Å². The van der Waals surface area contributed by atoms with Crippen molar-refractivity contribution in [1.82, 2.24) is 5.32 Å². The van der Waals surface area contributed by atoms with Gasteiger partial charge in [0.25, 0.3) is 0 Å². The van der Waals surface area contributed by atoms with Crippen molar-refractivity contribution < 1.29 is 14.3 Å². The number of amides is 1. The van der Waals surface area contributed by atoms with Crippen molar-refractivity contribution in [2.45, 2.75) is 63.2 Å². The summed E-state index contributed by atoms with van der Waals surface area (Å²) in [6, 6.07) is 0.388. The van der Waals surface area contributed by atoms with Gasteiger partial charge in [-0.15, -0.1) is 0 Å².